The number of fused-ring (bicyclic) bond motifs is 3. The number of aromatic nitrogens is 2. The zero-order valence-corrected chi connectivity index (χ0v) is 23.1. The molecule has 0 spiro atoms. The normalized spacial score (nSPS) is 16.3. The average Bonchev–Trinajstić information content (AvgIpc) is 3.13. The van der Waals surface area contributed by atoms with Crippen LogP contribution in [0.2, 0.25) is 5.02 Å². The molecule has 3 heterocycles. The van der Waals surface area contributed by atoms with Gasteiger partial charge in [-0.2, -0.15) is 0 Å². The number of hydrogen-bond acceptors (Lipinski definition) is 7. The first-order valence-corrected chi connectivity index (χ1v) is 13.6. The van der Waals surface area contributed by atoms with E-state index >= 15 is 0 Å². The van der Waals surface area contributed by atoms with Crippen molar-refractivity contribution in [1.29, 1.82) is 0 Å². The third-order valence-electron chi connectivity index (χ3n) is 7.17. The van der Waals surface area contributed by atoms with Crippen molar-refractivity contribution in [3.05, 3.63) is 100 Å². The van der Waals surface area contributed by atoms with Crippen LogP contribution in [0.15, 0.2) is 77.9 Å². The molecule has 1 amide bonds. The van der Waals surface area contributed by atoms with Gasteiger partial charge in [0.1, 0.15) is 5.75 Å². The van der Waals surface area contributed by atoms with Gasteiger partial charge >= 0.3 is 0 Å². The van der Waals surface area contributed by atoms with Crippen molar-refractivity contribution in [3.63, 3.8) is 0 Å². The summed E-state index contributed by atoms with van der Waals surface area (Å²) in [6.45, 7) is 4.73. The van der Waals surface area contributed by atoms with Gasteiger partial charge in [0.2, 0.25) is 5.95 Å². The highest BCUT2D eigenvalue weighted by molar-refractivity contribution is 6.31. The third-order valence-corrected chi connectivity index (χ3v) is 7.41. The fourth-order valence-corrected chi connectivity index (χ4v) is 5.35. The number of nitrogens with zero attached hydrogens (tertiary/aromatic N) is 4. The van der Waals surface area contributed by atoms with Crippen molar-refractivity contribution in [2.24, 2.45) is 4.99 Å². The van der Waals surface area contributed by atoms with E-state index in [1.54, 1.807) is 13.3 Å². The van der Waals surface area contributed by atoms with Gasteiger partial charge in [-0.25, -0.2) is 9.97 Å². The molecule has 2 aliphatic rings. The third kappa shape index (κ3) is 5.15. The van der Waals surface area contributed by atoms with E-state index in [-0.39, 0.29) is 5.91 Å². The van der Waals surface area contributed by atoms with Gasteiger partial charge in [0, 0.05) is 70.4 Å². The summed E-state index contributed by atoms with van der Waals surface area (Å²) in [5.41, 5.74) is 6.63. The predicted octanol–water partition coefficient (Wildman–Crippen LogP) is 5.33. The fraction of sp³-hybridized carbons (Fsp3) is 0.226. The molecule has 0 bridgehead atoms. The summed E-state index contributed by atoms with van der Waals surface area (Å²) in [6, 6.07) is 21.3. The van der Waals surface area contributed by atoms with E-state index in [0.29, 0.717) is 42.2 Å². The summed E-state index contributed by atoms with van der Waals surface area (Å²) < 4.78 is 5.63. The minimum atomic E-state index is 0.0438. The van der Waals surface area contributed by atoms with E-state index in [1.165, 1.54) is 0 Å². The molecule has 4 aromatic rings. The number of anilines is 2. The Bertz CT molecular complexity index is 1600. The second-order valence-electron chi connectivity index (χ2n) is 9.93. The maximum atomic E-state index is 12.9. The molecule has 1 saturated heterocycles. The van der Waals surface area contributed by atoms with Gasteiger partial charge in [-0.15, -0.1) is 0 Å². The highest BCUT2D eigenvalue weighted by Crippen LogP contribution is 2.35. The Hall–Kier alpha value is -4.27. The zero-order valence-electron chi connectivity index (χ0n) is 22.3. The zero-order chi connectivity index (χ0) is 27.6. The largest absolute Gasteiger partial charge is 0.496 e. The van der Waals surface area contributed by atoms with Crippen LogP contribution in [0, 0.1) is 0 Å². The maximum absolute atomic E-state index is 12.9. The topological polar surface area (TPSA) is 91.7 Å². The number of carbonyl (C=O) groups excluding carboxylic acids is 1. The monoisotopic (exact) mass is 552 g/mol. The number of amides is 1. The van der Waals surface area contributed by atoms with Crippen molar-refractivity contribution in [1.82, 2.24) is 20.2 Å². The minimum Gasteiger partial charge on any atom is -0.496 e. The molecule has 1 unspecified atom stereocenters. The van der Waals surface area contributed by atoms with Crippen LogP contribution in [0.25, 0.3) is 11.3 Å². The van der Waals surface area contributed by atoms with Crippen molar-refractivity contribution >= 4 is 34.9 Å². The molecule has 1 fully saturated rings. The van der Waals surface area contributed by atoms with Crippen LogP contribution in [0.3, 0.4) is 0 Å². The molecule has 1 atom stereocenters. The van der Waals surface area contributed by atoms with Crippen LogP contribution in [-0.4, -0.2) is 59.3 Å². The highest BCUT2D eigenvalue weighted by Gasteiger charge is 2.24. The Labute approximate surface area is 238 Å². The number of aliphatic imine (C=N–C) groups is 1. The van der Waals surface area contributed by atoms with Gasteiger partial charge in [-0.3, -0.25) is 9.79 Å². The molecular weight excluding hydrogens is 524 g/mol. The molecule has 3 aromatic carbocycles. The molecule has 9 heteroatoms. The molecule has 202 valence electrons. The summed E-state index contributed by atoms with van der Waals surface area (Å²) in [5, 5.41) is 7.27. The quantitative estimate of drug-likeness (QED) is 0.347. The molecule has 8 nitrogen and oxygen atoms in total. The van der Waals surface area contributed by atoms with Crippen LogP contribution in [-0.2, 0) is 6.54 Å². The lowest BCUT2D eigenvalue weighted by molar-refractivity contribution is 0.0709. The van der Waals surface area contributed by atoms with Crippen LogP contribution in [0.1, 0.15) is 34.0 Å². The number of hydrogen-bond donors (Lipinski definition) is 2. The summed E-state index contributed by atoms with van der Waals surface area (Å²) in [7, 11) is 1.65. The Morgan fingerprint density at radius 2 is 1.90 bits per heavy atom. The maximum Gasteiger partial charge on any atom is 0.253 e. The van der Waals surface area contributed by atoms with E-state index in [0.717, 1.165) is 51.6 Å². The lowest BCUT2D eigenvalue weighted by Crippen LogP contribution is -2.51. The molecule has 2 aliphatic heterocycles. The van der Waals surface area contributed by atoms with Crippen LogP contribution in [0.5, 0.6) is 5.75 Å². The Balaban J connectivity index is 1.29. The Morgan fingerprint density at radius 3 is 2.70 bits per heavy atom. The van der Waals surface area contributed by atoms with E-state index in [4.69, 9.17) is 26.3 Å². The summed E-state index contributed by atoms with van der Waals surface area (Å²) in [5.74, 6) is 1.23. The molecule has 0 saturated carbocycles. The lowest BCUT2D eigenvalue weighted by atomic mass is 9.95. The number of halogens is 1. The number of para-hydroxylation sites is 1. The molecule has 1 aromatic heterocycles. The first-order valence-electron chi connectivity index (χ1n) is 13.2. The van der Waals surface area contributed by atoms with Crippen molar-refractivity contribution in [3.8, 4) is 17.0 Å². The standard InChI is InChI=1S/C31H29ClN6O2/c1-19-18-38(14-13-33-19)30(39)20-7-10-23(11-8-20)36-31-35-17-21-16-34-29(25-5-3-4-6-27(25)40-2)26-15-22(32)9-12-24(26)28(21)37-31/h3-12,15,17,19,33H,13-14,16,18H2,1-2H3,(H,35,36,37). The van der Waals surface area contributed by atoms with Gasteiger partial charge in [0.15, 0.2) is 0 Å². The number of nitrogens with one attached hydrogen (secondary N) is 2. The molecular formula is C31H29ClN6O2. The van der Waals surface area contributed by atoms with Gasteiger partial charge in [-0.1, -0.05) is 29.8 Å². The van der Waals surface area contributed by atoms with Crippen LogP contribution in [0.4, 0.5) is 11.6 Å². The van der Waals surface area contributed by atoms with Crippen molar-refractivity contribution < 1.29 is 9.53 Å². The van der Waals surface area contributed by atoms with Gasteiger partial charge in [0.05, 0.1) is 25.1 Å². The number of rotatable bonds is 5. The molecule has 0 aliphatic carbocycles. The highest BCUT2D eigenvalue weighted by atomic mass is 35.5. The number of methoxy groups -OCH3 is 1. The predicted molar refractivity (Wildman–Crippen MR) is 158 cm³/mol. The SMILES string of the molecule is COc1ccccc1C1=NCc2cnc(Nc3ccc(C(=O)N4CCNC(C)C4)cc3)nc2-c2ccc(Cl)cc21. The number of ether oxygens (including phenoxy) is 1. The van der Waals surface area contributed by atoms with Crippen LogP contribution < -0.4 is 15.4 Å². The number of benzene rings is 3. The van der Waals surface area contributed by atoms with Gasteiger partial charge in [0.25, 0.3) is 5.91 Å². The second-order valence-corrected chi connectivity index (χ2v) is 10.4. The molecule has 0 radical (unpaired) electrons. The van der Waals surface area contributed by atoms with Gasteiger partial charge in [-0.05, 0) is 55.5 Å². The van der Waals surface area contributed by atoms with Crippen molar-refractivity contribution in [2.45, 2.75) is 19.5 Å². The van der Waals surface area contributed by atoms with Crippen molar-refractivity contribution in [2.75, 3.05) is 32.1 Å². The van der Waals surface area contributed by atoms with E-state index in [9.17, 15) is 4.79 Å². The van der Waals surface area contributed by atoms with Gasteiger partial charge < -0.3 is 20.3 Å². The first kappa shape index (κ1) is 26.0. The lowest BCUT2D eigenvalue weighted by Gasteiger charge is -2.32. The molecule has 40 heavy (non-hydrogen) atoms. The summed E-state index contributed by atoms with van der Waals surface area (Å²) >= 11 is 6.45. The number of piperazine rings is 1. The minimum absolute atomic E-state index is 0.0438. The first-order chi connectivity index (χ1) is 19.5. The Morgan fingerprint density at radius 1 is 1.07 bits per heavy atom. The second kappa shape index (κ2) is 11.1. The smallest absolute Gasteiger partial charge is 0.253 e. The molecule has 6 rings (SSSR count). The summed E-state index contributed by atoms with van der Waals surface area (Å²) in [4.78, 5) is 29.2. The van der Waals surface area contributed by atoms with E-state index in [1.807, 2.05) is 71.6 Å². The fourth-order valence-electron chi connectivity index (χ4n) is 5.18. The molecule has 2 N–H and O–H groups in total. The van der Waals surface area contributed by atoms with E-state index < -0.39 is 0 Å². The van der Waals surface area contributed by atoms with E-state index in [2.05, 4.69) is 22.5 Å². The Kier molecular flexibility index (Phi) is 7.19. The summed E-state index contributed by atoms with van der Waals surface area (Å²) in [6.07, 6.45) is 1.81. The number of carbonyl (C=O) groups is 1. The average molecular weight is 553 g/mol. The van der Waals surface area contributed by atoms with Crippen LogP contribution >= 0.6 is 11.6 Å².